The molecule has 2 heterocycles. The molecule has 0 radical (unpaired) electrons. The fourth-order valence-electron chi connectivity index (χ4n) is 2.39. The molecule has 2 atom stereocenters. The number of benzene rings is 1. The number of nitrogens with zero attached hydrogens (tertiary/aromatic N) is 2. The maximum atomic E-state index is 5.92. The van der Waals surface area contributed by atoms with Crippen LogP contribution in [0.1, 0.15) is 24.1 Å². The van der Waals surface area contributed by atoms with E-state index in [0.29, 0.717) is 5.15 Å². The average molecular weight is 306 g/mol. The van der Waals surface area contributed by atoms with Crippen LogP contribution in [0.15, 0.2) is 47.7 Å². The number of halogens is 2. The molecule has 1 aliphatic rings. The van der Waals surface area contributed by atoms with Gasteiger partial charge >= 0.3 is 0 Å². The Bertz CT molecular complexity index is 635. The zero-order valence-electron chi connectivity index (χ0n) is 10.8. The van der Waals surface area contributed by atoms with Gasteiger partial charge in [0.2, 0.25) is 0 Å². The molecule has 0 aliphatic carbocycles. The van der Waals surface area contributed by atoms with Crippen molar-refractivity contribution >= 4 is 28.9 Å². The van der Waals surface area contributed by atoms with Crippen LogP contribution in [0.3, 0.4) is 0 Å². The van der Waals surface area contributed by atoms with Crippen molar-refractivity contribution in [2.75, 3.05) is 0 Å². The summed E-state index contributed by atoms with van der Waals surface area (Å²) in [6.07, 6.45) is 1.79. The van der Waals surface area contributed by atoms with E-state index in [1.165, 1.54) is 0 Å². The predicted molar refractivity (Wildman–Crippen MR) is 82.3 cm³/mol. The molecule has 1 N–H and O–H groups in total. The molecule has 0 saturated carbocycles. The minimum atomic E-state index is 0.116. The molecule has 2 aromatic rings. The summed E-state index contributed by atoms with van der Waals surface area (Å²) >= 11 is 11.7. The van der Waals surface area contributed by atoms with Crippen molar-refractivity contribution in [1.29, 1.82) is 0 Å². The smallest absolute Gasteiger partial charge is 0.129 e. The number of pyridine rings is 1. The van der Waals surface area contributed by atoms with Crippen molar-refractivity contribution in [2.45, 2.75) is 13.0 Å². The molecular weight excluding hydrogens is 293 g/mol. The van der Waals surface area contributed by atoms with Crippen molar-refractivity contribution in [1.82, 2.24) is 10.4 Å². The molecule has 102 valence electrons. The van der Waals surface area contributed by atoms with Gasteiger partial charge in [0.1, 0.15) is 5.15 Å². The number of aromatic nitrogens is 1. The van der Waals surface area contributed by atoms with Crippen LogP contribution < -0.4 is 5.43 Å². The average Bonchev–Trinajstić information content (AvgIpc) is 2.83. The van der Waals surface area contributed by atoms with Crippen LogP contribution in [-0.2, 0) is 0 Å². The molecule has 0 spiro atoms. The first-order valence-corrected chi connectivity index (χ1v) is 7.11. The molecule has 5 heteroatoms. The maximum Gasteiger partial charge on any atom is 0.129 e. The molecule has 0 amide bonds. The van der Waals surface area contributed by atoms with E-state index in [0.717, 1.165) is 21.9 Å². The van der Waals surface area contributed by atoms with Gasteiger partial charge in [-0.25, -0.2) is 4.98 Å². The van der Waals surface area contributed by atoms with E-state index in [-0.39, 0.29) is 12.0 Å². The van der Waals surface area contributed by atoms with E-state index in [1.54, 1.807) is 12.3 Å². The lowest BCUT2D eigenvalue weighted by Gasteiger charge is -2.16. The van der Waals surface area contributed by atoms with Gasteiger partial charge in [0.15, 0.2) is 0 Å². The molecule has 0 saturated heterocycles. The highest BCUT2D eigenvalue weighted by Gasteiger charge is 2.29. The highest BCUT2D eigenvalue weighted by molar-refractivity contribution is 6.30. The molecule has 3 nitrogen and oxygen atoms in total. The standard InChI is InChI=1S/C15H13Cl2N3/c1-9-14(10-2-5-12(16)6-3-10)19-20-15(9)11-4-7-13(17)18-8-11/h2-9,15,20H,1H3. The monoisotopic (exact) mass is 305 g/mol. The van der Waals surface area contributed by atoms with Crippen molar-refractivity contribution in [3.8, 4) is 0 Å². The number of hydrazone groups is 1. The normalized spacial score (nSPS) is 21.4. The Balaban J connectivity index is 1.84. The lowest BCUT2D eigenvalue weighted by Crippen LogP contribution is -2.19. The number of nitrogens with one attached hydrogen (secondary N) is 1. The first kappa shape index (κ1) is 13.4. The molecule has 0 fully saturated rings. The first-order chi connectivity index (χ1) is 9.65. The summed E-state index contributed by atoms with van der Waals surface area (Å²) in [5.74, 6) is 0.249. The van der Waals surface area contributed by atoms with Gasteiger partial charge in [-0.15, -0.1) is 0 Å². The van der Waals surface area contributed by atoms with E-state index in [9.17, 15) is 0 Å². The second-order valence-electron chi connectivity index (χ2n) is 4.81. The van der Waals surface area contributed by atoms with Crippen molar-refractivity contribution in [3.63, 3.8) is 0 Å². The molecule has 20 heavy (non-hydrogen) atoms. The van der Waals surface area contributed by atoms with Crippen LogP contribution in [-0.4, -0.2) is 10.7 Å². The van der Waals surface area contributed by atoms with Crippen LogP contribution in [0.25, 0.3) is 0 Å². The highest BCUT2D eigenvalue weighted by atomic mass is 35.5. The van der Waals surface area contributed by atoms with Crippen molar-refractivity contribution < 1.29 is 0 Å². The number of hydrogen-bond acceptors (Lipinski definition) is 3. The Kier molecular flexibility index (Phi) is 3.64. The van der Waals surface area contributed by atoms with Crippen molar-refractivity contribution in [2.24, 2.45) is 11.0 Å². The quantitative estimate of drug-likeness (QED) is 0.849. The minimum absolute atomic E-state index is 0.116. The third-order valence-corrected chi connectivity index (χ3v) is 3.98. The summed E-state index contributed by atoms with van der Waals surface area (Å²) in [5.41, 5.74) is 6.37. The Morgan fingerprint density at radius 1 is 1.05 bits per heavy atom. The summed E-state index contributed by atoms with van der Waals surface area (Å²) in [6, 6.07) is 11.6. The number of hydrogen-bond donors (Lipinski definition) is 1. The Morgan fingerprint density at radius 3 is 2.45 bits per heavy atom. The fraction of sp³-hybridized carbons (Fsp3) is 0.200. The molecule has 2 unspecified atom stereocenters. The lowest BCUT2D eigenvalue weighted by atomic mass is 9.90. The van der Waals surface area contributed by atoms with E-state index in [2.05, 4.69) is 22.4 Å². The predicted octanol–water partition coefficient (Wildman–Crippen LogP) is 4.07. The third-order valence-electron chi connectivity index (χ3n) is 3.50. The zero-order valence-corrected chi connectivity index (χ0v) is 12.4. The van der Waals surface area contributed by atoms with Gasteiger partial charge in [0, 0.05) is 17.1 Å². The van der Waals surface area contributed by atoms with E-state index < -0.39 is 0 Å². The zero-order chi connectivity index (χ0) is 14.1. The van der Waals surface area contributed by atoms with Gasteiger partial charge in [-0.05, 0) is 29.3 Å². The van der Waals surface area contributed by atoms with Crippen molar-refractivity contribution in [3.05, 3.63) is 63.9 Å². The van der Waals surface area contributed by atoms with Gasteiger partial charge in [-0.2, -0.15) is 5.10 Å². The molecule has 3 rings (SSSR count). The molecular formula is C15H13Cl2N3. The summed E-state index contributed by atoms with van der Waals surface area (Å²) < 4.78 is 0. The van der Waals surface area contributed by atoms with Crippen LogP contribution in [0.5, 0.6) is 0 Å². The largest absolute Gasteiger partial charge is 0.302 e. The maximum absolute atomic E-state index is 5.92. The summed E-state index contributed by atoms with van der Waals surface area (Å²) in [6.45, 7) is 2.15. The second-order valence-corrected chi connectivity index (χ2v) is 5.64. The Labute approximate surface area is 127 Å². The second kappa shape index (κ2) is 5.43. The van der Waals surface area contributed by atoms with E-state index in [4.69, 9.17) is 23.2 Å². The van der Waals surface area contributed by atoms with Crippen LogP contribution in [0.2, 0.25) is 10.2 Å². The van der Waals surface area contributed by atoms with Gasteiger partial charge in [-0.1, -0.05) is 48.3 Å². The molecule has 1 aromatic carbocycles. The summed E-state index contributed by atoms with van der Waals surface area (Å²) in [7, 11) is 0. The van der Waals surface area contributed by atoms with Gasteiger partial charge in [-0.3, -0.25) is 0 Å². The Morgan fingerprint density at radius 2 is 1.80 bits per heavy atom. The van der Waals surface area contributed by atoms with E-state index >= 15 is 0 Å². The molecule has 1 aliphatic heterocycles. The third kappa shape index (κ3) is 2.51. The highest BCUT2D eigenvalue weighted by Crippen LogP contribution is 2.30. The minimum Gasteiger partial charge on any atom is -0.302 e. The van der Waals surface area contributed by atoms with E-state index in [1.807, 2.05) is 30.3 Å². The SMILES string of the molecule is CC1C(c2ccc(Cl)cc2)=NNC1c1ccc(Cl)nc1. The van der Waals surface area contributed by atoms with Gasteiger partial charge in [0.05, 0.1) is 11.8 Å². The fourth-order valence-corrected chi connectivity index (χ4v) is 2.63. The Hall–Kier alpha value is -1.58. The van der Waals surface area contributed by atoms with Gasteiger partial charge in [0.25, 0.3) is 0 Å². The number of rotatable bonds is 2. The topological polar surface area (TPSA) is 37.3 Å². The summed E-state index contributed by atoms with van der Waals surface area (Å²) in [5, 5.41) is 5.69. The van der Waals surface area contributed by atoms with Crippen LogP contribution >= 0.6 is 23.2 Å². The lowest BCUT2D eigenvalue weighted by molar-refractivity contribution is 0.524. The summed E-state index contributed by atoms with van der Waals surface area (Å²) in [4.78, 5) is 4.12. The van der Waals surface area contributed by atoms with Gasteiger partial charge < -0.3 is 5.43 Å². The van der Waals surface area contributed by atoms with Crippen LogP contribution in [0.4, 0.5) is 0 Å². The molecule has 0 bridgehead atoms. The molecule has 1 aromatic heterocycles. The first-order valence-electron chi connectivity index (χ1n) is 6.35. The van der Waals surface area contributed by atoms with Crippen LogP contribution in [0, 0.1) is 5.92 Å².